The summed E-state index contributed by atoms with van der Waals surface area (Å²) in [6.45, 7) is 14.9. The predicted octanol–water partition coefficient (Wildman–Crippen LogP) is 3.62. The maximum Gasteiger partial charge on any atom is 0.319 e. The largest absolute Gasteiger partial charge is 0.456 e. The molecule has 0 amide bonds. The van der Waals surface area contributed by atoms with Gasteiger partial charge in [-0.3, -0.25) is 4.79 Å². The third-order valence-corrected chi connectivity index (χ3v) is 14.0. The number of fused-ring (bicyclic) bond motifs is 4. The van der Waals surface area contributed by atoms with Gasteiger partial charge in [-0.25, -0.2) is 0 Å². The molecule has 6 rings (SSSR count). The summed E-state index contributed by atoms with van der Waals surface area (Å²) in [6, 6.07) is 0. The van der Waals surface area contributed by atoms with Crippen LogP contribution in [0.25, 0.3) is 0 Å². The Balaban J connectivity index is 1.31. The number of aliphatic hydroxyl groups is 5. The Morgan fingerprint density at radius 2 is 1.68 bits per heavy atom. The predicted molar refractivity (Wildman–Crippen MR) is 162 cm³/mol. The molecule has 2 saturated heterocycles. The smallest absolute Gasteiger partial charge is 0.319 e. The maximum absolute atomic E-state index is 14.1. The molecule has 250 valence electrons. The molecule has 5 N–H and O–H groups in total. The summed E-state index contributed by atoms with van der Waals surface area (Å²) >= 11 is 0. The number of aliphatic hydroxyl groups excluding tert-OH is 4. The Morgan fingerprint density at radius 1 is 0.977 bits per heavy atom. The molecule has 9 heteroatoms. The number of hydrogen-bond acceptors (Lipinski definition) is 9. The SMILES string of the molecule is CC(C)CCC[C@]1(C)OC(=O)[C@]23[C@@H](O)C=C4[C@@H](CC[C@H]5C(C)(C)[C@@H](O[C@@H]6OC[C@@H](O)[C@H](O)[C@H]6O)CC[C@]45C)[C@]2(C)CC[C@@]31O. The molecular weight excluding hydrogens is 564 g/mol. The highest BCUT2D eigenvalue weighted by Crippen LogP contribution is 2.77. The first-order valence-electron chi connectivity index (χ1n) is 17.1. The molecule has 4 aliphatic carbocycles. The van der Waals surface area contributed by atoms with Crippen molar-refractivity contribution in [2.45, 2.75) is 154 Å². The first-order valence-corrected chi connectivity index (χ1v) is 17.1. The first kappa shape index (κ1) is 32.9. The van der Waals surface area contributed by atoms with Crippen molar-refractivity contribution >= 4 is 5.97 Å². The average Bonchev–Trinajstić information content (AvgIpc) is 3.30. The molecule has 0 unspecified atom stereocenters. The van der Waals surface area contributed by atoms with Crippen LogP contribution in [0.4, 0.5) is 0 Å². The molecule has 3 saturated carbocycles. The van der Waals surface area contributed by atoms with Crippen molar-refractivity contribution in [3.63, 3.8) is 0 Å². The maximum atomic E-state index is 14.1. The molecule has 13 atom stereocenters. The van der Waals surface area contributed by atoms with Crippen LogP contribution < -0.4 is 0 Å². The van der Waals surface area contributed by atoms with Gasteiger partial charge in [-0.2, -0.15) is 0 Å². The fourth-order valence-corrected chi connectivity index (χ4v) is 11.5. The van der Waals surface area contributed by atoms with E-state index in [4.69, 9.17) is 14.2 Å². The molecule has 0 aromatic carbocycles. The Kier molecular flexibility index (Phi) is 7.81. The summed E-state index contributed by atoms with van der Waals surface area (Å²) in [4.78, 5) is 14.1. The van der Waals surface area contributed by atoms with Gasteiger partial charge >= 0.3 is 5.97 Å². The zero-order valence-corrected chi connectivity index (χ0v) is 27.7. The highest BCUT2D eigenvalue weighted by molar-refractivity contribution is 5.86. The molecule has 6 aliphatic rings. The minimum Gasteiger partial charge on any atom is -0.456 e. The van der Waals surface area contributed by atoms with E-state index in [0.717, 1.165) is 32.1 Å². The number of cyclic esters (lactones) is 1. The van der Waals surface area contributed by atoms with Gasteiger partial charge in [0, 0.05) is 0 Å². The van der Waals surface area contributed by atoms with Gasteiger partial charge in [0.25, 0.3) is 0 Å². The standard InChI is InChI=1S/C35H56O9/c1-19(2)9-8-13-33(7)34(41)16-15-32(6)20-10-11-23-30(3,4)25(43-28-27(39)26(38)22(36)18-42-28)12-14-31(23,5)21(20)17-24(37)35(32,34)29(40)44-33/h17,19-20,22-28,36-39,41H,8-16,18H2,1-7H3/t20-,22-,23+,24+,25+,26+,27-,28+,31-,32+,33+,34+,35-/m1/s1. The van der Waals surface area contributed by atoms with Crippen molar-refractivity contribution in [3.05, 3.63) is 11.6 Å². The van der Waals surface area contributed by atoms with Crippen LogP contribution >= 0.6 is 0 Å². The van der Waals surface area contributed by atoms with Crippen molar-refractivity contribution in [1.29, 1.82) is 0 Å². The van der Waals surface area contributed by atoms with Crippen molar-refractivity contribution in [1.82, 2.24) is 0 Å². The van der Waals surface area contributed by atoms with Crippen LogP contribution in [0.3, 0.4) is 0 Å². The molecule has 9 nitrogen and oxygen atoms in total. The van der Waals surface area contributed by atoms with Gasteiger partial charge in [0.15, 0.2) is 6.29 Å². The van der Waals surface area contributed by atoms with Gasteiger partial charge in [0.1, 0.15) is 34.9 Å². The van der Waals surface area contributed by atoms with E-state index < -0.39 is 58.7 Å². The Bertz CT molecular complexity index is 1180. The zero-order chi connectivity index (χ0) is 32.3. The fourth-order valence-electron chi connectivity index (χ4n) is 11.5. The molecule has 44 heavy (non-hydrogen) atoms. The van der Waals surface area contributed by atoms with Crippen LogP contribution in [0.5, 0.6) is 0 Å². The minimum absolute atomic E-state index is 0.0279. The summed E-state index contributed by atoms with van der Waals surface area (Å²) in [5.74, 6) is 0.284. The molecule has 5 fully saturated rings. The number of allylic oxidation sites excluding steroid dienone is 1. The third kappa shape index (κ3) is 4.05. The zero-order valence-electron chi connectivity index (χ0n) is 27.7. The van der Waals surface area contributed by atoms with E-state index in [9.17, 15) is 30.3 Å². The Labute approximate surface area is 262 Å². The Hall–Kier alpha value is -1.07. The molecular formula is C35H56O9. The number of carbonyl (C=O) groups is 1. The summed E-state index contributed by atoms with van der Waals surface area (Å²) in [5.41, 5.74) is -3.95. The first-order chi connectivity index (χ1) is 20.4. The van der Waals surface area contributed by atoms with Gasteiger partial charge in [-0.05, 0) is 92.3 Å². The number of hydrogen-bond donors (Lipinski definition) is 5. The Morgan fingerprint density at radius 3 is 2.36 bits per heavy atom. The van der Waals surface area contributed by atoms with Crippen LogP contribution in [0.2, 0.25) is 0 Å². The van der Waals surface area contributed by atoms with Crippen LogP contribution in [-0.2, 0) is 19.0 Å². The van der Waals surface area contributed by atoms with Crippen LogP contribution in [0.1, 0.15) is 106 Å². The lowest BCUT2D eigenvalue weighted by Crippen LogP contribution is -2.68. The van der Waals surface area contributed by atoms with Crippen molar-refractivity contribution < 1.29 is 44.5 Å². The van der Waals surface area contributed by atoms with E-state index in [-0.39, 0.29) is 35.4 Å². The van der Waals surface area contributed by atoms with Crippen molar-refractivity contribution in [2.75, 3.05) is 6.61 Å². The van der Waals surface area contributed by atoms with Crippen LogP contribution in [0, 0.1) is 39.4 Å². The lowest BCUT2D eigenvalue weighted by atomic mass is 9.40. The highest BCUT2D eigenvalue weighted by Gasteiger charge is 2.85. The number of esters is 1. The van der Waals surface area contributed by atoms with E-state index in [1.54, 1.807) is 0 Å². The van der Waals surface area contributed by atoms with E-state index in [0.29, 0.717) is 31.6 Å². The summed E-state index contributed by atoms with van der Waals surface area (Å²) in [5, 5.41) is 55.4. The van der Waals surface area contributed by atoms with Gasteiger partial charge in [0.2, 0.25) is 0 Å². The van der Waals surface area contributed by atoms with E-state index in [2.05, 4.69) is 41.5 Å². The number of rotatable bonds is 6. The number of carbonyl (C=O) groups excluding carboxylic acids is 1. The lowest BCUT2D eigenvalue weighted by Gasteiger charge is -2.64. The summed E-state index contributed by atoms with van der Waals surface area (Å²) in [7, 11) is 0. The van der Waals surface area contributed by atoms with E-state index in [1.165, 1.54) is 5.57 Å². The lowest BCUT2D eigenvalue weighted by molar-refractivity contribution is -0.302. The summed E-state index contributed by atoms with van der Waals surface area (Å²) in [6.07, 6.45) is 2.36. The van der Waals surface area contributed by atoms with Gasteiger partial charge in [-0.1, -0.05) is 59.6 Å². The molecule has 0 aromatic rings. The molecule has 2 aliphatic heterocycles. The average molecular weight is 621 g/mol. The molecule has 1 spiro atoms. The second-order valence-electron chi connectivity index (χ2n) is 16.9. The number of ether oxygens (including phenoxy) is 3. The monoisotopic (exact) mass is 620 g/mol. The second kappa shape index (κ2) is 10.5. The van der Waals surface area contributed by atoms with Crippen LogP contribution in [-0.4, -0.2) is 86.1 Å². The van der Waals surface area contributed by atoms with Gasteiger partial charge in [-0.15, -0.1) is 0 Å². The fraction of sp³-hybridized carbons (Fsp3) is 0.914. The van der Waals surface area contributed by atoms with Crippen molar-refractivity contribution in [3.8, 4) is 0 Å². The second-order valence-corrected chi connectivity index (χ2v) is 16.9. The normalized spacial score (nSPS) is 52.9. The molecule has 2 heterocycles. The van der Waals surface area contributed by atoms with Gasteiger partial charge in [0.05, 0.1) is 18.8 Å². The van der Waals surface area contributed by atoms with E-state index >= 15 is 0 Å². The highest BCUT2D eigenvalue weighted by atomic mass is 16.7. The van der Waals surface area contributed by atoms with Gasteiger partial charge < -0.3 is 39.7 Å². The van der Waals surface area contributed by atoms with Crippen molar-refractivity contribution in [2.24, 2.45) is 39.4 Å². The minimum atomic E-state index is -1.45. The molecule has 0 bridgehead atoms. The quantitative estimate of drug-likeness (QED) is 0.171. The topological polar surface area (TPSA) is 146 Å². The van der Waals surface area contributed by atoms with Crippen LogP contribution in [0.15, 0.2) is 11.6 Å². The summed E-state index contributed by atoms with van der Waals surface area (Å²) < 4.78 is 18.2. The molecule has 0 radical (unpaired) electrons. The third-order valence-electron chi connectivity index (χ3n) is 14.0. The van der Waals surface area contributed by atoms with E-state index in [1.807, 2.05) is 13.0 Å². The molecule has 0 aromatic heterocycles.